The molecule has 1 saturated heterocycles. The predicted molar refractivity (Wildman–Crippen MR) is 51.1 cm³/mol. The Balaban J connectivity index is 2.14. The van der Waals surface area contributed by atoms with Crippen LogP contribution >= 0.6 is 0 Å². The van der Waals surface area contributed by atoms with Gasteiger partial charge in [-0.3, -0.25) is 14.1 Å². The third-order valence-corrected chi connectivity index (χ3v) is 2.43. The molecule has 1 heterocycles. The van der Waals surface area contributed by atoms with Crippen molar-refractivity contribution in [2.24, 2.45) is 0 Å². The number of halogens is 1. The molecule has 0 bridgehead atoms. The molecule has 0 radical (unpaired) electrons. The lowest BCUT2D eigenvalue weighted by atomic mass is 10.3. The standard InChI is InChI=1S/C9H17FN2O2/c10-2-1-3-11-4-6-12(7-5-11)8-9(13)14/h1-8H2,(H,13,14). The van der Waals surface area contributed by atoms with Gasteiger partial charge in [-0.15, -0.1) is 0 Å². The van der Waals surface area contributed by atoms with Crippen LogP contribution in [0.15, 0.2) is 0 Å². The average molecular weight is 204 g/mol. The van der Waals surface area contributed by atoms with Crippen molar-refractivity contribution in [1.29, 1.82) is 0 Å². The van der Waals surface area contributed by atoms with Gasteiger partial charge in [0.15, 0.2) is 0 Å². The topological polar surface area (TPSA) is 43.8 Å². The lowest BCUT2D eigenvalue weighted by molar-refractivity contribution is -0.138. The van der Waals surface area contributed by atoms with Crippen LogP contribution in [0.3, 0.4) is 0 Å². The number of carboxylic acids is 1. The van der Waals surface area contributed by atoms with E-state index < -0.39 is 5.97 Å². The van der Waals surface area contributed by atoms with Crippen LogP contribution in [0.2, 0.25) is 0 Å². The molecule has 1 aliphatic rings. The van der Waals surface area contributed by atoms with Crippen LogP contribution in [0.4, 0.5) is 4.39 Å². The van der Waals surface area contributed by atoms with Gasteiger partial charge in [-0.2, -0.15) is 0 Å². The molecule has 0 unspecified atom stereocenters. The van der Waals surface area contributed by atoms with Crippen molar-refractivity contribution in [2.45, 2.75) is 6.42 Å². The zero-order chi connectivity index (χ0) is 10.4. The van der Waals surface area contributed by atoms with E-state index in [1.807, 2.05) is 4.90 Å². The maximum absolute atomic E-state index is 11.9. The fraction of sp³-hybridized carbons (Fsp3) is 0.889. The second kappa shape index (κ2) is 5.93. The second-order valence-corrected chi connectivity index (χ2v) is 3.55. The highest BCUT2D eigenvalue weighted by molar-refractivity contribution is 5.69. The summed E-state index contributed by atoms with van der Waals surface area (Å²) in [4.78, 5) is 14.5. The maximum Gasteiger partial charge on any atom is 0.317 e. The van der Waals surface area contributed by atoms with Crippen LogP contribution in [0.5, 0.6) is 0 Å². The molecule has 1 fully saturated rings. The maximum atomic E-state index is 11.9. The summed E-state index contributed by atoms with van der Waals surface area (Å²) >= 11 is 0. The van der Waals surface area contributed by atoms with E-state index in [1.54, 1.807) is 0 Å². The first-order valence-corrected chi connectivity index (χ1v) is 4.95. The Hall–Kier alpha value is -0.680. The SMILES string of the molecule is O=C(O)CN1CCN(CCCF)CC1. The first kappa shape index (κ1) is 11.4. The number of aliphatic carboxylic acids is 1. The Morgan fingerprint density at radius 3 is 2.29 bits per heavy atom. The molecule has 0 aromatic rings. The molecular formula is C9H17FN2O2. The van der Waals surface area contributed by atoms with Gasteiger partial charge in [-0.25, -0.2) is 0 Å². The normalized spacial score (nSPS) is 19.8. The number of rotatable bonds is 5. The molecule has 82 valence electrons. The van der Waals surface area contributed by atoms with Crippen LogP contribution in [-0.2, 0) is 4.79 Å². The Labute approximate surface area is 83.3 Å². The largest absolute Gasteiger partial charge is 0.480 e. The van der Waals surface area contributed by atoms with Gasteiger partial charge in [0.05, 0.1) is 13.2 Å². The molecule has 14 heavy (non-hydrogen) atoms. The minimum absolute atomic E-state index is 0.122. The van der Waals surface area contributed by atoms with Gasteiger partial charge in [0.25, 0.3) is 0 Å². The van der Waals surface area contributed by atoms with E-state index in [4.69, 9.17) is 5.11 Å². The van der Waals surface area contributed by atoms with Gasteiger partial charge >= 0.3 is 5.97 Å². The first-order valence-electron chi connectivity index (χ1n) is 4.95. The molecule has 0 aliphatic carbocycles. The van der Waals surface area contributed by atoms with Crippen LogP contribution < -0.4 is 0 Å². The van der Waals surface area contributed by atoms with E-state index >= 15 is 0 Å². The highest BCUT2D eigenvalue weighted by atomic mass is 19.1. The summed E-state index contributed by atoms with van der Waals surface area (Å²) in [7, 11) is 0. The summed E-state index contributed by atoms with van der Waals surface area (Å²) in [5.74, 6) is -0.776. The highest BCUT2D eigenvalue weighted by Crippen LogP contribution is 2.02. The molecule has 4 nitrogen and oxygen atoms in total. The quantitative estimate of drug-likeness (QED) is 0.687. The zero-order valence-corrected chi connectivity index (χ0v) is 8.28. The Morgan fingerprint density at radius 1 is 1.21 bits per heavy atom. The molecular weight excluding hydrogens is 187 g/mol. The molecule has 0 atom stereocenters. The van der Waals surface area contributed by atoms with Crippen molar-refractivity contribution in [3.63, 3.8) is 0 Å². The lowest BCUT2D eigenvalue weighted by Crippen LogP contribution is -2.48. The van der Waals surface area contributed by atoms with E-state index in [1.165, 1.54) is 0 Å². The number of hydrogen-bond donors (Lipinski definition) is 1. The summed E-state index contributed by atoms with van der Waals surface area (Å²) < 4.78 is 11.9. The van der Waals surface area contributed by atoms with Crippen LogP contribution in [0.1, 0.15) is 6.42 Å². The second-order valence-electron chi connectivity index (χ2n) is 3.55. The van der Waals surface area contributed by atoms with Gasteiger partial charge in [0, 0.05) is 32.7 Å². The number of alkyl halides is 1. The van der Waals surface area contributed by atoms with Gasteiger partial charge in [-0.1, -0.05) is 0 Å². The molecule has 0 saturated carbocycles. The summed E-state index contributed by atoms with van der Waals surface area (Å²) in [5, 5.41) is 8.57. The van der Waals surface area contributed by atoms with Gasteiger partial charge < -0.3 is 10.0 Å². The summed E-state index contributed by atoms with van der Waals surface area (Å²) in [5.41, 5.74) is 0. The van der Waals surface area contributed by atoms with Gasteiger partial charge in [0.2, 0.25) is 0 Å². The molecule has 0 aromatic carbocycles. The summed E-state index contributed by atoms with van der Waals surface area (Å²) in [6, 6.07) is 0. The van der Waals surface area contributed by atoms with Crippen molar-refractivity contribution >= 4 is 5.97 Å². The number of nitrogens with zero attached hydrogens (tertiary/aromatic N) is 2. The third kappa shape index (κ3) is 4.02. The fourth-order valence-electron chi connectivity index (χ4n) is 1.65. The molecule has 0 aromatic heterocycles. The Bertz CT molecular complexity index is 182. The minimum Gasteiger partial charge on any atom is -0.480 e. The molecule has 0 spiro atoms. The third-order valence-electron chi connectivity index (χ3n) is 2.43. The number of carbonyl (C=O) groups is 1. The summed E-state index contributed by atoms with van der Waals surface area (Å²) in [6.45, 7) is 3.90. The molecule has 5 heteroatoms. The smallest absolute Gasteiger partial charge is 0.317 e. The number of carboxylic acid groups (broad SMARTS) is 1. The lowest BCUT2D eigenvalue weighted by Gasteiger charge is -2.33. The predicted octanol–water partition coefficient (Wildman–Crippen LogP) is 0.0482. The van der Waals surface area contributed by atoms with E-state index in [9.17, 15) is 9.18 Å². The monoisotopic (exact) mass is 204 g/mol. The van der Waals surface area contributed by atoms with Gasteiger partial charge in [-0.05, 0) is 6.42 Å². The van der Waals surface area contributed by atoms with Crippen molar-refractivity contribution in [2.75, 3.05) is 45.9 Å². The van der Waals surface area contributed by atoms with Gasteiger partial charge in [0.1, 0.15) is 0 Å². The highest BCUT2D eigenvalue weighted by Gasteiger charge is 2.17. The Kier molecular flexibility index (Phi) is 4.82. The first-order chi connectivity index (χ1) is 6.72. The van der Waals surface area contributed by atoms with Crippen LogP contribution in [0.25, 0.3) is 0 Å². The van der Waals surface area contributed by atoms with E-state index in [2.05, 4.69) is 4.90 Å². The molecule has 1 aliphatic heterocycles. The minimum atomic E-state index is -0.776. The van der Waals surface area contributed by atoms with Crippen LogP contribution in [0, 0.1) is 0 Å². The van der Waals surface area contributed by atoms with E-state index in [-0.39, 0.29) is 13.2 Å². The van der Waals surface area contributed by atoms with E-state index in [0.29, 0.717) is 6.42 Å². The molecule has 1 rings (SSSR count). The molecule has 1 N–H and O–H groups in total. The van der Waals surface area contributed by atoms with Crippen molar-refractivity contribution in [3.05, 3.63) is 0 Å². The number of hydrogen-bond acceptors (Lipinski definition) is 3. The molecule has 0 amide bonds. The summed E-state index contributed by atoms with van der Waals surface area (Å²) in [6.07, 6.45) is 0.582. The Morgan fingerprint density at radius 2 is 1.79 bits per heavy atom. The van der Waals surface area contributed by atoms with E-state index in [0.717, 1.165) is 32.7 Å². The number of piperazine rings is 1. The average Bonchev–Trinajstić information content (AvgIpc) is 2.16. The van der Waals surface area contributed by atoms with Crippen molar-refractivity contribution < 1.29 is 14.3 Å². The van der Waals surface area contributed by atoms with Crippen molar-refractivity contribution in [1.82, 2.24) is 9.80 Å². The zero-order valence-electron chi connectivity index (χ0n) is 8.28. The van der Waals surface area contributed by atoms with Crippen LogP contribution in [-0.4, -0.2) is 66.8 Å². The fourth-order valence-corrected chi connectivity index (χ4v) is 1.65. The van der Waals surface area contributed by atoms with Crippen molar-refractivity contribution in [3.8, 4) is 0 Å².